The number of anilines is 8. The molecule has 2 aliphatic carbocycles. The lowest BCUT2D eigenvalue weighted by Crippen LogP contribution is -2.49. The number of carbonyl (C=O) groups excluding carboxylic acids is 2. The highest BCUT2D eigenvalue weighted by molar-refractivity contribution is 7.89. The number of nitrogens with one attached hydrogen (secondary N) is 4. The van der Waals surface area contributed by atoms with Crippen molar-refractivity contribution in [1.29, 1.82) is 0 Å². The smallest absolute Gasteiger partial charge is 0.254 e. The van der Waals surface area contributed by atoms with Gasteiger partial charge in [0.15, 0.2) is 0 Å². The Hall–Kier alpha value is -5.26. The molecule has 64 heavy (non-hydrogen) atoms. The fourth-order valence-corrected chi connectivity index (χ4v) is 9.06. The minimum absolute atomic E-state index is 0. The standard InChI is InChI=1S/2C20H27N7O3S.2ClH/c2*1-2-31(29,30)27-11-9-26(10-12-27)16-7-5-15(6-8-16)24-20-22-13-17(18(21)28)19(25-20)23-14-3-4-14;;/h2*5-8,13-14H,2-4,9-12H2,1H3,(H2,21,28)(H2,22,23,24,25);2*1H. The van der Waals surface area contributed by atoms with Crippen molar-refractivity contribution in [2.75, 3.05) is 94.9 Å². The molecule has 0 unspecified atom stereocenters. The number of nitrogens with zero attached hydrogens (tertiary/aromatic N) is 8. The highest BCUT2D eigenvalue weighted by Crippen LogP contribution is 2.29. The van der Waals surface area contributed by atoms with Crippen LogP contribution in [0.5, 0.6) is 0 Å². The van der Waals surface area contributed by atoms with Crippen LogP contribution in [-0.2, 0) is 20.0 Å². The lowest BCUT2D eigenvalue weighted by Gasteiger charge is -2.35. The second kappa shape index (κ2) is 21.6. The Labute approximate surface area is 386 Å². The molecule has 4 aromatic rings. The molecule has 2 saturated heterocycles. The van der Waals surface area contributed by atoms with Gasteiger partial charge in [0.1, 0.15) is 11.6 Å². The maximum atomic E-state index is 12.0. The lowest BCUT2D eigenvalue weighted by atomic mass is 10.2. The Bertz CT molecular complexity index is 2280. The van der Waals surface area contributed by atoms with E-state index < -0.39 is 31.9 Å². The highest BCUT2D eigenvalue weighted by Gasteiger charge is 2.28. The molecule has 20 nitrogen and oxygen atoms in total. The predicted octanol–water partition coefficient (Wildman–Crippen LogP) is 3.57. The van der Waals surface area contributed by atoms with Crippen LogP contribution in [0, 0.1) is 0 Å². The van der Waals surface area contributed by atoms with Gasteiger partial charge in [0.05, 0.1) is 22.6 Å². The van der Waals surface area contributed by atoms with Crippen LogP contribution in [0.4, 0.5) is 46.3 Å². The van der Waals surface area contributed by atoms with Gasteiger partial charge >= 0.3 is 0 Å². The maximum Gasteiger partial charge on any atom is 0.254 e. The van der Waals surface area contributed by atoms with Crippen LogP contribution in [0.3, 0.4) is 0 Å². The molecule has 0 atom stereocenters. The zero-order valence-electron chi connectivity index (χ0n) is 35.6. The van der Waals surface area contributed by atoms with Crippen molar-refractivity contribution in [3.8, 4) is 0 Å². The minimum atomic E-state index is -3.14. The molecule has 4 heterocycles. The molecule has 2 aromatic carbocycles. The SMILES string of the molecule is CCS(=O)(=O)N1CCN(c2ccc(Nc3ncc(C(N)=O)c(NC4CC4)n3)cc2)CC1.CCS(=O)(=O)N1CCN(c2ccc(Nc3ncc(C(N)=O)c(NC4CC4)n3)cc2)CC1.Cl.Cl. The third-order valence-electron chi connectivity index (χ3n) is 10.9. The summed E-state index contributed by atoms with van der Waals surface area (Å²) in [5.74, 6) is 0.782. The van der Waals surface area contributed by atoms with E-state index in [1.807, 2.05) is 48.5 Å². The number of hydrogen-bond acceptors (Lipinski definition) is 16. The molecule has 348 valence electrons. The Balaban J connectivity index is 0.000000234. The van der Waals surface area contributed by atoms with Crippen LogP contribution in [0.1, 0.15) is 60.2 Å². The highest BCUT2D eigenvalue weighted by atomic mass is 35.5. The molecule has 0 radical (unpaired) electrons. The Morgan fingerprint density at radius 2 is 0.906 bits per heavy atom. The summed E-state index contributed by atoms with van der Waals surface area (Å²) in [6, 6.07) is 16.3. The third kappa shape index (κ3) is 12.9. The van der Waals surface area contributed by atoms with Gasteiger partial charge in [0.25, 0.3) is 11.8 Å². The van der Waals surface area contributed by atoms with Gasteiger partial charge in [0, 0.05) is 99.6 Å². The number of benzene rings is 2. The first-order valence-corrected chi connectivity index (χ1v) is 24.0. The summed E-state index contributed by atoms with van der Waals surface area (Å²) in [5.41, 5.74) is 15.1. The third-order valence-corrected chi connectivity index (χ3v) is 14.7. The number of amides is 2. The van der Waals surface area contributed by atoms with Crippen molar-refractivity contribution in [1.82, 2.24) is 28.5 Å². The molecule has 2 saturated carbocycles. The molecular weight excluding hydrogens is 908 g/mol. The number of primary amides is 2. The first-order valence-electron chi connectivity index (χ1n) is 20.8. The Morgan fingerprint density at radius 3 is 1.19 bits per heavy atom. The van der Waals surface area contributed by atoms with Gasteiger partial charge in [-0.25, -0.2) is 26.8 Å². The van der Waals surface area contributed by atoms with Gasteiger partial charge in [-0.3, -0.25) is 9.59 Å². The molecule has 8 N–H and O–H groups in total. The van der Waals surface area contributed by atoms with Gasteiger partial charge in [0.2, 0.25) is 31.9 Å². The summed E-state index contributed by atoms with van der Waals surface area (Å²) < 4.78 is 51.2. The molecule has 4 fully saturated rings. The number of halogens is 2. The van der Waals surface area contributed by atoms with Gasteiger partial charge in [-0.15, -0.1) is 24.8 Å². The van der Waals surface area contributed by atoms with Crippen molar-refractivity contribution in [2.24, 2.45) is 11.5 Å². The second-order valence-electron chi connectivity index (χ2n) is 15.4. The van der Waals surface area contributed by atoms with E-state index in [1.54, 1.807) is 22.5 Å². The van der Waals surface area contributed by atoms with Gasteiger partial charge in [-0.05, 0) is 88.1 Å². The summed E-state index contributed by atoms with van der Waals surface area (Å²) in [5, 5.41) is 12.7. The number of piperazine rings is 2. The summed E-state index contributed by atoms with van der Waals surface area (Å²) in [4.78, 5) is 44.8. The number of sulfonamides is 2. The lowest BCUT2D eigenvalue weighted by molar-refractivity contribution is 0.0992. The quantitative estimate of drug-likeness (QED) is 0.0937. The monoisotopic (exact) mass is 962 g/mol. The van der Waals surface area contributed by atoms with E-state index in [4.69, 9.17) is 11.5 Å². The number of carbonyl (C=O) groups is 2. The summed E-state index contributed by atoms with van der Waals surface area (Å²) >= 11 is 0. The topological polar surface area (TPSA) is 267 Å². The van der Waals surface area contributed by atoms with Crippen LogP contribution in [0.25, 0.3) is 0 Å². The normalized spacial score (nSPS) is 16.8. The second-order valence-corrected chi connectivity index (χ2v) is 19.9. The van der Waals surface area contributed by atoms with E-state index in [2.05, 4.69) is 51.0 Å². The molecule has 24 heteroatoms. The summed E-state index contributed by atoms with van der Waals surface area (Å²) in [6.45, 7) is 7.92. The Kier molecular flexibility index (Phi) is 16.8. The molecular formula is C40H56Cl2N14O6S2. The van der Waals surface area contributed by atoms with Gasteiger partial charge in [-0.1, -0.05) is 0 Å². The zero-order valence-corrected chi connectivity index (χ0v) is 38.9. The van der Waals surface area contributed by atoms with Crippen molar-refractivity contribution in [3.63, 3.8) is 0 Å². The number of nitrogens with two attached hydrogens (primary N) is 2. The van der Waals surface area contributed by atoms with Crippen molar-refractivity contribution in [2.45, 2.75) is 51.6 Å². The minimum Gasteiger partial charge on any atom is -0.369 e. The van der Waals surface area contributed by atoms with E-state index in [0.29, 0.717) is 88.0 Å². The molecule has 2 amide bonds. The molecule has 2 aromatic heterocycles. The van der Waals surface area contributed by atoms with Gasteiger partial charge < -0.3 is 42.5 Å². The molecule has 4 aliphatic rings. The van der Waals surface area contributed by atoms with Crippen LogP contribution in [0.2, 0.25) is 0 Å². The average molecular weight is 964 g/mol. The molecule has 0 spiro atoms. The number of rotatable bonds is 16. The van der Waals surface area contributed by atoms with E-state index in [-0.39, 0.29) is 47.4 Å². The average Bonchev–Trinajstić information content (AvgIpc) is 4.23. The van der Waals surface area contributed by atoms with Crippen molar-refractivity contribution < 1.29 is 26.4 Å². The van der Waals surface area contributed by atoms with E-state index >= 15 is 0 Å². The van der Waals surface area contributed by atoms with Crippen LogP contribution < -0.4 is 42.5 Å². The van der Waals surface area contributed by atoms with Gasteiger partial charge in [-0.2, -0.15) is 18.6 Å². The van der Waals surface area contributed by atoms with E-state index in [0.717, 1.165) is 48.4 Å². The van der Waals surface area contributed by atoms with E-state index in [1.165, 1.54) is 12.4 Å². The van der Waals surface area contributed by atoms with Crippen LogP contribution in [0.15, 0.2) is 60.9 Å². The summed E-state index contributed by atoms with van der Waals surface area (Å²) in [6.07, 6.45) is 7.05. The van der Waals surface area contributed by atoms with Crippen LogP contribution >= 0.6 is 24.8 Å². The largest absolute Gasteiger partial charge is 0.369 e. The number of hydrogen-bond donors (Lipinski definition) is 6. The molecule has 2 aliphatic heterocycles. The summed E-state index contributed by atoms with van der Waals surface area (Å²) in [7, 11) is -6.27. The van der Waals surface area contributed by atoms with Crippen molar-refractivity contribution in [3.05, 3.63) is 72.1 Å². The first kappa shape index (κ1) is 49.8. The first-order chi connectivity index (χ1) is 29.7. The Morgan fingerprint density at radius 1 is 0.578 bits per heavy atom. The fourth-order valence-electron chi connectivity index (χ4n) is 6.89. The van der Waals surface area contributed by atoms with Crippen LogP contribution in [-0.4, -0.2) is 133 Å². The number of aromatic nitrogens is 4. The maximum absolute atomic E-state index is 12.0. The fraction of sp³-hybridized carbons (Fsp3) is 0.450. The van der Waals surface area contributed by atoms with E-state index in [9.17, 15) is 26.4 Å². The molecule has 8 rings (SSSR count). The van der Waals surface area contributed by atoms with Crippen molar-refractivity contribution >= 4 is 103 Å². The predicted molar refractivity (Wildman–Crippen MR) is 255 cm³/mol. The molecule has 0 bridgehead atoms. The zero-order chi connectivity index (χ0) is 44.0.